The number of hydrogen-bond donors (Lipinski definition) is 1. The first-order valence-electron chi connectivity index (χ1n) is 11.6. The summed E-state index contributed by atoms with van der Waals surface area (Å²) in [6.45, 7) is 2.20. The Balaban J connectivity index is 1.56. The van der Waals surface area contributed by atoms with E-state index in [0.717, 1.165) is 48.9 Å². The first-order chi connectivity index (χ1) is 15.3. The van der Waals surface area contributed by atoms with Gasteiger partial charge in [0, 0.05) is 43.0 Å². The van der Waals surface area contributed by atoms with Crippen LogP contribution in [0, 0.1) is 0 Å². The maximum atomic E-state index is 13.3. The van der Waals surface area contributed by atoms with E-state index in [0.29, 0.717) is 25.2 Å². The predicted molar refractivity (Wildman–Crippen MR) is 118 cm³/mol. The van der Waals surface area contributed by atoms with Gasteiger partial charge in [0.05, 0.1) is 12.9 Å². The molecular weight excluding hydrogens is 394 g/mol. The molecule has 0 unspecified atom stereocenters. The van der Waals surface area contributed by atoms with Crippen molar-refractivity contribution in [1.29, 1.82) is 0 Å². The average molecular weight is 428 g/mol. The summed E-state index contributed by atoms with van der Waals surface area (Å²) in [6.07, 6.45) is 11.0. The van der Waals surface area contributed by atoms with Crippen LogP contribution in [0.1, 0.15) is 62.8 Å². The molecule has 168 valence electrons. The Hall–Kier alpha value is -2.31. The smallest absolute Gasteiger partial charge is 0.288 e. The van der Waals surface area contributed by atoms with E-state index >= 15 is 0 Å². The van der Waals surface area contributed by atoms with Crippen LogP contribution in [0.15, 0.2) is 46.8 Å². The van der Waals surface area contributed by atoms with E-state index in [1.165, 1.54) is 19.3 Å². The van der Waals surface area contributed by atoms with Gasteiger partial charge in [-0.25, -0.2) is 0 Å². The molecule has 1 N–H and O–H groups in total. The third-order valence-corrected chi connectivity index (χ3v) is 6.18. The number of amides is 1. The van der Waals surface area contributed by atoms with Crippen LogP contribution in [0.5, 0.6) is 0 Å². The molecule has 2 aliphatic heterocycles. The molecule has 6 heteroatoms. The lowest BCUT2D eigenvalue weighted by Gasteiger charge is -2.32. The zero-order chi connectivity index (χ0) is 21.5. The summed E-state index contributed by atoms with van der Waals surface area (Å²) in [5.74, 6) is 0.326. The molecule has 0 saturated carbocycles. The fourth-order valence-electron chi connectivity index (χ4n) is 4.45. The minimum atomic E-state index is -0.490. The Kier molecular flexibility index (Phi) is 7.65. The van der Waals surface area contributed by atoms with E-state index < -0.39 is 6.29 Å². The number of carbonyl (C=O) groups is 1. The summed E-state index contributed by atoms with van der Waals surface area (Å²) in [4.78, 5) is 15.3. The first-order valence-corrected chi connectivity index (χ1v) is 11.6. The molecule has 0 spiro atoms. The second-order valence-corrected chi connectivity index (χ2v) is 8.47. The van der Waals surface area contributed by atoms with Gasteiger partial charge in [-0.1, -0.05) is 37.5 Å². The maximum Gasteiger partial charge on any atom is 0.288 e. The van der Waals surface area contributed by atoms with Crippen LogP contribution in [-0.4, -0.2) is 48.5 Å². The number of benzene rings is 1. The van der Waals surface area contributed by atoms with Crippen molar-refractivity contribution in [2.24, 2.45) is 0 Å². The molecule has 4 rings (SSSR count). The number of carbonyl (C=O) groups excluding carboxylic acids is 1. The van der Waals surface area contributed by atoms with Gasteiger partial charge >= 0.3 is 0 Å². The highest BCUT2D eigenvalue weighted by atomic mass is 16.7. The molecule has 2 atom stereocenters. The summed E-state index contributed by atoms with van der Waals surface area (Å²) in [7, 11) is 0. The maximum absolute atomic E-state index is 13.3. The van der Waals surface area contributed by atoms with Crippen LogP contribution >= 0.6 is 0 Å². The molecule has 2 aliphatic rings. The van der Waals surface area contributed by atoms with Crippen LogP contribution in [0.2, 0.25) is 0 Å². The van der Waals surface area contributed by atoms with Crippen molar-refractivity contribution >= 4 is 16.9 Å². The Morgan fingerprint density at radius 1 is 1.10 bits per heavy atom. The molecule has 31 heavy (non-hydrogen) atoms. The lowest BCUT2D eigenvalue weighted by Crippen LogP contribution is -2.38. The monoisotopic (exact) mass is 427 g/mol. The average Bonchev–Trinajstić information content (AvgIpc) is 3.20. The quantitative estimate of drug-likeness (QED) is 0.647. The number of aliphatic hydroxyl groups is 1. The SMILES string of the molecule is O=C(C1=C[C@H](c2coc3ccccc23)C[C@H](OCCCCO)O1)N1CCCCCCC1. The summed E-state index contributed by atoms with van der Waals surface area (Å²) < 4.78 is 17.8. The zero-order valence-corrected chi connectivity index (χ0v) is 18.1. The van der Waals surface area contributed by atoms with Crippen molar-refractivity contribution < 1.29 is 23.8 Å². The Morgan fingerprint density at radius 2 is 1.87 bits per heavy atom. The van der Waals surface area contributed by atoms with E-state index in [1.54, 1.807) is 6.26 Å². The molecule has 6 nitrogen and oxygen atoms in total. The number of furan rings is 1. The normalized spacial score (nSPS) is 22.5. The van der Waals surface area contributed by atoms with Gasteiger partial charge in [-0.3, -0.25) is 4.79 Å². The Morgan fingerprint density at radius 3 is 2.68 bits per heavy atom. The minimum Gasteiger partial charge on any atom is -0.464 e. The van der Waals surface area contributed by atoms with Gasteiger partial charge in [-0.05, 0) is 37.8 Å². The van der Waals surface area contributed by atoms with Gasteiger partial charge in [-0.15, -0.1) is 0 Å². The number of fused-ring (bicyclic) bond motifs is 1. The van der Waals surface area contributed by atoms with E-state index in [9.17, 15) is 4.79 Å². The number of rotatable bonds is 7. The van der Waals surface area contributed by atoms with Gasteiger partial charge in [0.25, 0.3) is 5.91 Å². The third kappa shape index (κ3) is 5.49. The third-order valence-electron chi connectivity index (χ3n) is 6.18. The van der Waals surface area contributed by atoms with E-state index in [2.05, 4.69) is 0 Å². The first kappa shape index (κ1) is 21.9. The van der Waals surface area contributed by atoms with Crippen molar-refractivity contribution in [3.8, 4) is 0 Å². The predicted octanol–water partition coefficient (Wildman–Crippen LogP) is 4.73. The highest BCUT2D eigenvalue weighted by Gasteiger charge is 2.32. The fourth-order valence-corrected chi connectivity index (χ4v) is 4.45. The van der Waals surface area contributed by atoms with Gasteiger partial charge in [0.1, 0.15) is 5.58 Å². The molecule has 2 aromatic rings. The van der Waals surface area contributed by atoms with Gasteiger partial charge in [-0.2, -0.15) is 0 Å². The number of para-hydroxylation sites is 1. The van der Waals surface area contributed by atoms with Crippen LogP contribution in [0.4, 0.5) is 0 Å². The van der Waals surface area contributed by atoms with E-state index in [1.807, 2.05) is 35.2 Å². The molecule has 0 aliphatic carbocycles. The lowest BCUT2D eigenvalue weighted by molar-refractivity contribution is -0.153. The summed E-state index contributed by atoms with van der Waals surface area (Å²) in [5, 5.41) is 10.1. The summed E-state index contributed by atoms with van der Waals surface area (Å²) in [5.41, 5.74) is 1.90. The second-order valence-electron chi connectivity index (χ2n) is 8.47. The molecule has 1 fully saturated rings. The number of hydrogen-bond acceptors (Lipinski definition) is 5. The molecule has 1 aromatic carbocycles. The number of likely N-dealkylation sites (tertiary alicyclic amines) is 1. The summed E-state index contributed by atoms with van der Waals surface area (Å²) in [6, 6.07) is 7.96. The van der Waals surface area contributed by atoms with E-state index in [4.69, 9.17) is 19.0 Å². The van der Waals surface area contributed by atoms with Crippen LogP contribution in [0.3, 0.4) is 0 Å². The van der Waals surface area contributed by atoms with Crippen molar-refractivity contribution in [2.75, 3.05) is 26.3 Å². The highest BCUT2D eigenvalue weighted by Crippen LogP contribution is 2.36. The molecule has 0 radical (unpaired) electrons. The van der Waals surface area contributed by atoms with Gasteiger partial charge in [0.15, 0.2) is 5.76 Å². The van der Waals surface area contributed by atoms with E-state index in [-0.39, 0.29) is 18.4 Å². The van der Waals surface area contributed by atoms with Gasteiger partial charge in [0.2, 0.25) is 6.29 Å². The number of ether oxygens (including phenoxy) is 2. The van der Waals surface area contributed by atoms with Crippen molar-refractivity contribution in [2.45, 2.75) is 63.6 Å². The largest absolute Gasteiger partial charge is 0.464 e. The van der Waals surface area contributed by atoms with Crippen LogP contribution in [0.25, 0.3) is 11.0 Å². The van der Waals surface area contributed by atoms with Crippen LogP contribution < -0.4 is 0 Å². The molecule has 1 aromatic heterocycles. The van der Waals surface area contributed by atoms with Crippen LogP contribution in [-0.2, 0) is 14.3 Å². The van der Waals surface area contributed by atoms with Crippen molar-refractivity contribution in [1.82, 2.24) is 4.90 Å². The minimum absolute atomic E-state index is 0.0195. The standard InChI is InChI=1S/C25H33NO5/c27-14-8-9-15-29-24-17-19(21-18-30-22-11-5-4-10-20(21)22)16-23(31-24)25(28)26-12-6-2-1-3-7-13-26/h4-5,10-11,16,18-19,24,27H,1-3,6-9,12-15,17H2/t19-,24+/m0/s1. The molecule has 1 amide bonds. The Labute approximate surface area is 183 Å². The number of allylic oxidation sites excluding steroid dienone is 1. The lowest BCUT2D eigenvalue weighted by atomic mass is 9.92. The number of nitrogens with zero attached hydrogens (tertiary/aromatic N) is 1. The van der Waals surface area contributed by atoms with Gasteiger partial charge < -0.3 is 23.9 Å². The van der Waals surface area contributed by atoms with Crippen molar-refractivity contribution in [3.05, 3.63) is 47.9 Å². The number of unbranched alkanes of at least 4 members (excludes halogenated alkanes) is 1. The molecule has 3 heterocycles. The summed E-state index contributed by atoms with van der Waals surface area (Å²) >= 11 is 0. The molecule has 0 bridgehead atoms. The highest BCUT2D eigenvalue weighted by molar-refractivity contribution is 5.92. The fraction of sp³-hybridized carbons (Fsp3) is 0.560. The topological polar surface area (TPSA) is 72.1 Å². The number of aliphatic hydroxyl groups excluding tert-OH is 1. The zero-order valence-electron chi connectivity index (χ0n) is 18.1. The molecule has 1 saturated heterocycles. The Bertz CT molecular complexity index is 881. The molecular formula is C25H33NO5. The second kappa shape index (κ2) is 10.8. The van der Waals surface area contributed by atoms with Crippen molar-refractivity contribution in [3.63, 3.8) is 0 Å².